The van der Waals surface area contributed by atoms with Gasteiger partial charge in [0, 0.05) is 36.0 Å². The second kappa shape index (κ2) is 11.4. The molecule has 0 aliphatic carbocycles. The minimum absolute atomic E-state index is 0.00363. The summed E-state index contributed by atoms with van der Waals surface area (Å²) in [5, 5.41) is 8.87. The van der Waals surface area contributed by atoms with Gasteiger partial charge in [-0.1, -0.05) is 28.1 Å². The summed E-state index contributed by atoms with van der Waals surface area (Å²) in [6.45, 7) is 1.70. The maximum absolute atomic E-state index is 13.2. The molecule has 0 saturated carbocycles. The first-order chi connectivity index (χ1) is 15.5. The topological polar surface area (TPSA) is 92.2 Å². The van der Waals surface area contributed by atoms with Gasteiger partial charge >= 0.3 is 0 Å². The number of nitrogens with one attached hydrogen (secondary N) is 2. The molecule has 7 nitrogen and oxygen atoms in total. The van der Waals surface area contributed by atoms with Gasteiger partial charge in [-0.2, -0.15) is 0 Å². The van der Waals surface area contributed by atoms with Gasteiger partial charge in [0.05, 0.1) is 6.61 Å². The molecule has 0 radical (unpaired) electrons. The van der Waals surface area contributed by atoms with Gasteiger partial charge in [-0.15, -0.1) is 0 Å². The lowest BCUT2D eigenvalue weighted by molar-refractivity contribution is -0.129. The summed E-state index contributed by atoms with van der Waals surface area (Å²) in [4.78, 5) is 17.9. The van der Waals surface area contributed by atoms with Crippen LogP contribution in [0.15, 0.2) is 58.0 Å². The SMILES string of the molecule is C[C@@H]1OC(c2ccc(OCCCO)cc2)=N[C@]1(Cc1ccc(Br)cc1)C(=O)NNCCF. The van der Waals surface area contributed by atoms with Crippen molar-refractivity contribution in [2.24, 2.45) is 4.99 Å². The molecule has 1 aliphatic heterocycles. The predicted octanol–water partition coefficient (Wildman–Crippen LogP) is 2.95. The number of hydrogen-bond acceptors (Lipinski definition) is 6. The number of hydrazine groups is 1. The molecule has 9 heteroatoms. The molecule has 0 bridgehead atoms. The van der Waals surface area contributed by atoms with Crippen molar-refractivity contribution in [2.45, 2.75) is 31.4 Å². The Labute approximate surface area is 195 Å². The smallest absolute Gasteiger partial charge is 0.266 e. The van der Waals surface area contributed by atoms with Gasteiger partial charge in [0.2, 0.25) is 5.90 Å². The molecule has 2 atom stereocenters. The van der Waals surface area contributed by atoms with Gasteiger partial charge in [-0.25, -0.2) is 14.8 Å². The Bertz CT molecular complexity index is 924. The maximum atomic E-state index is 13.2. The first-order valence-electron chi connectivity index (χ1n) is 10.4. The third kappa shape index (κ3) is 5.85. The van der Waals surface area contributed by atoms with E-state index in [4.69, 9.17) is 19.6 Å². The Morgan fingerprint density at radius 2 is 1.97 bits per heavy atom. The summed E-state index contributed by atoms with van der Waals surface area (Å²) >= 11 is 3.42. The van der Waals surface area contributed by atoms with E-state index in [-0.39, 0.29) is 19.1 Å². The summed E-state index contributed by atoms with van der Waals surface area (Å²) < 4.78 is 25.0. The van der Waals surface area contributed by atoms with Crippen LogP contribution in [-0.2, 0) is 16.0 Å². The molecule has 1 amide bonds. The Balaban J connectivity index is 1.86. The molecule has 0 saturated heterocycles. The third-order valence-corrected chi connectivity index (χ3v) is 5.66. The van der Waals surface area contributed by atoms with Crippen molar-refractivity contribution in [1.82, 2.24) is 10.9 Å². The molecule has 3 rings (SSSR count). The van der Waals surface area contributed by atoms with Crippen LogP contribution in [0.5, 0.6) is 5.75 Å². The van der Waals surface area contributed by atoms with E-state index in [0.717, 1.165) is 10.0 Å². The van der Waals surface area contributed by atoms with Crippen molar-refractivity contribution < 1.29 is 23.8 Å². The number of halogens is 2. The van der Waals surface area contributed by atoms with E-state index >= 15 is 0 Å². The van der Waals surface area contributed by atoms with E-state index < -0.39 is 18.3 Å². The van der Waals surface area contributed by atoms with E-state index in [0.29, 0.717) is 36.7 Å². The fourth-order valence-electron chi connectivity index (χ4n) is 3.35. The normalized spacial score (nSPS) is 19.9. The van der Waals surface area contributed by atoms with Crippen LogP contribution < -0.4 is 15.6 Å². The first-order valence-corrected chi connectivity index (χ1v) is 11.2. The quantitative estimate of drug-likeness (QED) is 0.321. The molecular weight excluding hydrogens is 481 g/mol. The van der Waals surface area contributed by atoms with Crippen molar-refractivity contribution >= 4 is 27.7 Å². The Kier molecular flexibility index (Phi) is 8.60. The van der Waals surface area contributed by atoms with Crippen LogP contribution in [0.1, 0.15) is 24.5 Å². The molecular formula is C23H27BrFN3O4. The number of carbonyl (C=O) groups excluding carboxylic acids is 1. The minimum atomic E-state index is -1.22. The van der Waals surface area contributed by atoms with Crippen molar-refractivity contribution in [3.8, 4) is 5.75 Å². The van der Waals surface area contributed by atoms with Crippen molar-refractivity contribution in [2.75, 3.05) is 26.4 Å². The molecule has 1 heterocycles. The van der Waals surface area contributed by atoms with Crippen LogP contribution in [0.25, 0.3) is 0 Å². The molecule has 0 spiro atoms. The maximum Gasteiger partial charge on any atom is 0.266 e. The monoisotopic (exact) mass is 507 g/mol. The minimum Gasteiger partial charge on any atom is -0.494 e. The second-order valence-corrected chi connectivity index (χ2v) is 8.34. The van der Waals surface area contributed by atoms with Crippen molar-refractivity contribution in [3.63, 3.8) is 0 Å². The van der Waals surface area contributed by atoms with Gasteiger partial charge in [-0.05, 0) is 48.9 Å². The van der Waals surface area contributed by atoms with Crippen LogP contribution >= 0.6 is 15.9 Å². The molecule has 2 aromatic rings. The fraction of sp³-hybridized carbons (Fsp3) is 0.391. The van der Waals surface area contributed by atoms with Crippen LogP contribution in [-0.4, -0.2) is 55.0 Å². The number of aliphatic imine (C=N–C) groups is 1. The number of amides is 1. The van der Waals surface area contributed by atoms with Gasteiger partial charge in [0.15, 0.2) is 5.54 Å². The highest BCUT2D eigenvalue weighted by Crippen LogP contribution is 2.33. The summed E-state index contributed by atoms with van der Waals surface area (Å²) in [6.07, 6.45) is 0.323. The molecule has 32 heavy (non-hydrogen) atoms. The number of alkyl halides is 1. The number of aliphatic hydroxyl groups is 1. The highest BCUT2D eigenvalue weighted by Gasteiger charge is 2.50. The summed E-state index contributed by atoms with van der Waals surface area (Å²) in [5.41, 5.74) is 5.58. The zero-order valence-electron chi connectivity index (χ0n) is 17.8. The fourth-order valence-corrected chi connectivity index (χ4v) is 3.62. The highest BCUT2D eigenvalue weighted by molar-refractivity contribution is 9.10. The molecule has 3 N–H and O–H groups in total. The number of nitrogens with zero attached hydrogens (tertiary/aromatic N) is 1. The van der Waals surface area contributed by atoms with Gasteiger partial charge < -0.3 is 14.6 Å². The lowest BCUT2D eigenvalue weighted by atomic mass is 9.86. The zero-order chi connectivity index (χ0) is 23.0. The van der Waals surface area contributed by atoms with Gasteiger partial charge in [-0.3, -0.25) is 10.2 Å². The molecule has 0 unspecified atom stereocenters. The van der Waals surface area contributed by atoms with E-state index in [2.05, 4.69) is 26.8 Å². The largest absolute Gasteiger partial charge is 0.494 e. The van der Waals surface area contributed by atoms with E-state index in [1.807, 2.05) is 36.4 Å². The van der Waals surface area contributed by atoms with Crippen LogP contribution in [0.2, 0.25) is 0 Å². The van der Waals surface area contributed by atoms with Crippen LogP contribution in [0.3, 0.4) is 0 Å². The Hall–Kier alpha value is -2.49. The van der Waals surface area contributed by atoms with Crippen molar-refractivity contribution in [3.05, 3.63) is 64.1 Å². The number of ether oxygens (including phenoxy) is 2. The molecule has 0 aromatic heterocycles. The number of hydrogen-bond donors (Lipinski definition) is 3. The first kappa shape index (κ1) is 24.2. The van der Waals surface area contributed by atoms with E-state index in [1.165, 1.54) is 0 Å². The van der Waals surface area contributed by atoms with E-state index in [1.54, 1.807) is 19.1 Å². The molecule has 172 valence electrons. The summed E-state index contributed by atoms with van der Waals surface area (Å²) in [7, 11) is 0. The number of rotatable bonds is 11. The zero-order valence-corrected chi connectivity index (χ0v) is 19.4. The number of carbonyl (C=O) groups is 1. The lowest BCUT2D eigenvalue weighted by Crippen LogP contribution is -2.56. The summed E-state index contributed by atoms with van der Waals surface area (Å²) in [5.74, 6) is 0.639. The van der Waals surface area contributed by atoms with Crippen LogP contribution in [0.4, 0.5) is 4.39 Å². The summed E-state index contributed by atoms with van der Waals surface area (Å²) in [6, 6.07) is 14.9. The highest BCUT2D eigenvalue weighted by atomic mass is 79.9. The average Bonchev–Trinajstić information content (AvgIpc) is 3.13. The Morgan fingerprint density at radius 3 is 2.62 bits per heavy atom. The van der Waals surface area contributed by atoms with Gasteiger partial charge in [0.1, 0.15) is 18.5 Å². The molecule has 1 aliphatic rings. The van der Waals surface area contributed by atoms with Crippen molar-refractivity contribution in [1.29, 1.82) is 0 Å². The number of benzene rings is 2. The number of aliphatic hydroxyl groups excluding tert-OH is 1. The standard InChI is InChI=1S/C23H27BrFN3O4/c1-16-23(22(30)28-26-12-11-25,15-17-3-7-19(24)8-4-17)27-21(32-16)18-5-9-20(10-6-18)31-14-2-13-29/h3-10,16,26,29H,2,11-15H2,1H3,(H,28,30)/t16-,23-/m0/s1. The third-order valence-electron chi connectivity index (χ3n) is 5.14. The van der Waals surface area contributed by atoms with Gasteiger partial charge in [0.25, 0.3) is 5.91 Å². The molecule has 2 aromatic carbocycles. The van der Waals surface area contributed by atoms with E-state index in [9.17, 15) is 9.18 Å². The van der Waals surface area contributed by atoms with Crippen LogP contribution in [0, 0.1) is 0 Å². The predicted molar refractivity (Wildman–Crippen MR) is 123 cm³/mol. The lowest BCUT2D eigenvalue weighted by Gasteiger charge is -2.28. The molecule has 0 fully saturated rings. The average molecular weight is 508 g/mol. The second-order valence-electron chi connectivity index (χ2n) is 7.42. The Morgan fingerprint density at radius 1 is 1.25 bits per heavy atom.